The van der Waals surface area contributed by atoms with Crippen LogP contribution in [0.2, 0.25) is 0 Å². The molecule has 0 amide bonds. The number of nitrogens with zero attached hydrogens (tertiary/aromatic N) is 3. The fraction of sp³-hybridized carbons (Fsp3) is 0.0769. The van der Waals surface area contributed by atoms with Gasteiger partial charge < -0.3 is 10.7 Å². The Morgan fingerprint density at radius 1 is 1.32 bits per heavy atom. The number of nitrogens with one attached hydrogen (secondary N) is 1. The van der Waals surface area contributed by atoms with E-state index in [9.17, 15) is 0 Å². The second-order valence-corrected chi connectivity index (χ2v) is 5.45. The summed E-state index contributed by atoms with van der Waals surface area (Å²) < 4.78 is 1.73. The largest absolute Gasteiger partial charge is 0.374 e. The quantitative estimate of drug-likeness (QED) is 0.558. The molecule has 4 rings (SSSR count). The van der Waals surface area contributed by atoms with Gasteiger partial charge in [-0.2, -0.15) is 0 Å². The normalized spacial score (nSPS) is 11.6. The number of aromatic nitrogens is 4. The first-order valence-corrected chi connectivity index (χ1v) is 6.73. The third kappa shape index (κ3) is 1.47. The molecule has 94 valence electrons. The Hall–Kier alpha value is -2.34. The first-order valence-electron chi connectivity index (χ1n) is 5.92. The zero-order valence-corrected chi connectivity index (χ0v) is 11.0. The molecule has 0 saturated heterocycles. The summed E-state index contributed by atoms with van der Waals surface area (Å²) in [5.74, 6) is 0. The monoisotopic (exact) mass is 269 g/mol. The first kappa shape index (κ1) is 10.6. The Balaban J connectivity index is 2.02. The van der Waals surface area contributed by atoms with Gasteiger partial charge >= 0.3 is 0 Å². The minimum Gasteiger partial charge on any atom is -0.374 e. The van der Waals surface area contributed by atoms with Crippen LogP contribution in [0.1, 0.15) is 5.69 Å². The average Bonchev–Trinajstić information content (AvgIpc) is 2.97. The van der Waals surface area contributed by atoms with Crippen molar-refractivity contribution < 1.29 is 0 Å². The topological polar surface area (TPSA) is 72.0 Å². The molecule has 0 saturated carbocycles. The van der Waals surface area contributed by atoms with Gasteiger partial charge in [0.2, 0.25) is 10.1 Å². The smallest absolute Gasteiger partial charge is 0.214 e. The summed E-state index contributed by atoms with van der Waals surface area (Å²) >= 11 is 1.39. The highest BCUT2D eigenvalue weighted by Crippen LogP contribution is 2.32. The lowest BCUT2D eigenvalue weighted by Gasteiger charge is -1.95. The number of rotatable bonds is 1. The number of hydrogen-bond acceptors (Lipinski definition) is 4. The maximum Gasteiger partial charge on any atom is 0.214 e. The van der Waals surface area contributed by atoms with Gasteiger partial charge in [-0.05, 0) is 13.0 Å². The predicted molar refractivity (Wildman–Crippen MR) is 77.3 cm³/mol. The van der Waals surface area contributed by atoms with Crippen molar-refractivity contribution in [3.05, 3.63) is 36.2 Å². The Morgan fingerprint density at radius 3 is 3.00 bits per heavy atom. The van der Waals surface area contributed by atoms with Crippen molar-refractivity contribution in [1.29, 1.82) is 0 Å². The molecule has 0 aliphatic carbocycles. The Bertz CT molecular complexity index is 867. The molecule has 0 spiro atoms. The molecule has 0 unspecified atom stereocenters. The molecule has 4 aromatic rings. The highest BCUT2D eigenvalue weighted by atomic mass is 32.1. The summed E-state index contributed by atoms with van der Waals surface area (Å²) in [6.07, 6.45) is 1.92. The molecule has 5 nitrogen and oxygen atoms in total. The van der Waals surface area contributed by atoms with E-state index in [0.29, 0.717) is 5.13 Å². The van der Waals surface area contributed by atoms with Crippen LogP contribution >= 0.6 is 11.3 Å². The molecule has 0 bridgehead atoms. The van der Waals surface area contributed by atoms with E-state index in [0.717, 1.165) is 27.4 Å². The van der Waals surface area contributed by atoms with Crippen LogP contribution in [0.3, 0.4) is 0 Å². The lowest BCUT2D eigenvalue weighted by Crippen LogP contribution is -1.85. The lowest BCUT2D eigenvalue weighted by molar-refractivity contribution is 0.981. The maximum absolute atomic E-state index is 5.66. The number of aromatic amines is 1. The number of nitrogen functional groups attached to an aromatic ring is 1. The maximum atomic E-state index is 5.66. The van der Waals surface area contributed by atoms with Gasteiger partial charge in [0.1, 0.15) is 0 Å². The van der Waals surface area contributed by atoms with Gasteiger partial charge in [0.05, 0.1) is 11.9 Å². The van der Waals surface area contributed by atoms with Crippen molar-refractivity contribution in [1.82, 2.24) is 19.6 Å². The molecule has 0 aliphatic heterocycles. The fourth-order valence-corrected chi connectivity index (χ4v) is 3.09. The number of hydrogen-bond donors (Lipinski definition) is 2. The fourth-order valence-electron chi connectivity index (χ4n) is 2.44. The molecule has 0 radical (unpaired) electrons. The standard InChI is InChI=1S/C13H11N5S/c1-7-11(8-4-2-3-5-9(8)15-7)10-6-18-13(16-10)19-12(14)17-18/h2-6,15H,1H3,(H2,14,17). The summed E-state index contributed by atoms with van der Waals surface area (Å²) in [5.41, 5.74) is 9.96. The molecule has 3 heterocycles. The molecule has 3 aromatic heterocycles. The van der Waals surface area contributed by atoms with Crippen molar-refractivity contribution in [2.45, 2.75) is 6.92 Å². The third-order valence-corrected chi connectivity index (χ3v) is 3.96. The number of aryl methyl sites for hydroxylation is 1. The van der Waals surface area contributed by atoms with E-state index in [1.807, 2.05) is 18.3 Å². The van der Waals surface area contributed by atoms with Gasteiger partial charge in [-0.1, -0.05) is 29.5 Å². The summed E-state index contributed by atoms with van der Waals surface area (Å²) in [4.78, 5) is 8.81. The van der Waals surface area contributed by atoms with Crippen LogP contribution in [0.5, 0.6) is 0 Å². The van der Waals surface area contributed by atoms with Crippen LogP contribution in [0.25, 0.3) is 27.1 Å². The van der Waals surface area contributed by atoms with E-state index in [2.05, 4.69) is 34.1 Å². The second-order valence-electron chi connectivity index (χ2n) is 4.46. The van der Waals surface area contributed by atoms with Gasteiger partial charge in [0, 0.05) is 22.2 Å². The molecule has 3 N–H and O–H groups in total. The summed E-state index contributed by atoms with van der Waals surface area (Å²) in [6, 6.07) is 8.23. The summed E-state index contributed by atoms with van der Waals surface area (Å²) in [6.45, 7) is 2.06. The lowest BCUT2D eigenvalue weighted by atomic mass is 10.1. The minimum atomic E-state index is 0.532. The number of anilines is 1. The van der Waals surface area contributed by atoms with Crippen LogP contribution in [-0.2, 0) is 0 Å². The van der Waals surface area contributed by atoms with Gasteiger partial charge in [-0.3, -0.25) is 0 Å². The van der Waals surface area contributed by atoms with Gasteiger partial charge in [-0.15, -0.1) is 5.10 Å². The predicted octanol–water partition coefficient (Wildman–Crippen LogP) is 2.83. The van der Waals surface area contributed by atoms with Crippen molar-refractivity contribution >= 4 is 32.3 Å². The van der Waals surface area contributed by atoms with Crippen molar-refractivity contribution in [3.63, 3.8) is 0 Å². The second kappa shape index (κ2) is 3.58. The molecular formula is C13H11N5S. The van der Waals surface area contributed by atoms with E-state index in [4.69, 9.17) is 5.73 Å². The Labute approximate surface area is 112 Å². The zero-order chi connectivity index (χ0) is 13.0. The van der Waals surface area contributed by atoms with E-state index < -0.39 is 0 Å². The molecule has 6 heteroatoms. The number of para-hydroxylation sites is 1. The van der Waals surface area contributed by atoms with Crippen LogP contribution in [-0.4, -0.2) is 19.6 Å². The molecule has 1 aromatic carbocycles. The number of nitrogens with two attached hydrogens (primary N) is 1. The molecule has 0 atom stereocenters. The number of H-pyrrole nitrogens is 1. The number of imidazole rings is 1. The number of benzene rings is 1. The Kier molecular flexibility index (Phi) is 1.99. The van der Waals surface area contributed by atoms with Crippen LogP contribution in [0.15, 0.2) is 30.5 Å². The first-order chi connectivity index (χ1) is 9.22. The van der Waals surface area contributed by atoms with Gasteiger partial charge in [-0.25, -0.2) is 9.50 Å². The van der Waals surface area contributed by atoms with E-state index in [1.54, 1.807) is 4.52 Å². The van der Waals surface area contributed by atoms with Crippen molar-refractivity contribution in [2.75, 3.05) is 5.73 Å². The van der Waals surface area contributed by atoms with Gasteiger partial charge in [0.15, 0.2) is 0 Å². The van der Waals surface area contributed by atoms with Crippen molar-refractivity contribution in [2.24, 2.45) is 0 Å². The average molecular weight is 269 g/mol. The summed E-state index contributed by atoms with van der Waals surface area (Å²) in [7, 11) is 0. The SMILES string of the molecule is Cc1[nH]c2ccccc2c1-c1cn2nc(N)sc2n1. The minimum absolute atomic E-state index is 0.532. The number of fused-ring (bicyclic) bond motifs is 2. The van der Waals surface area contributed by atoms with E-state index in [-0.39, 0.29) is 0 Å². The summed E-state index contributed by atoms with van der Waals surface area (Å²) in [5, 5.41) is 5.91. The van der Waals surface area contributed by atoms with Gasteiger partial charge in [0.25, 0.3) is 0 Å². The van der Waals surface area contributed by atoms with E-state index >= 15 is 0 Å². The highest BCUT2D eigenvalue weighted by Gasteiger charge is 2.14. The van der Waals surface area contributed by atoms with Crippen LogP contribution < -0.4 is 5.73 Å². The molecule has 0 fully saturated rings. The van der Waals surface area contributed by atoms with Crippen LogP contribution in [0, 0.1) is 6.92 Å². The van der Waals surface area contributed by atoms with E-state index in [1.165, 1.54) is 16.7 Å². The molecule has 19 heavy (non-hydrogen) atoms. The third-order valence-electron chi connectivity index (χ3n) is 3.21. The molecule has 0 aliphatic rings. The van der Waals surface area contributed by atoms with Crippen LogP contribution in [0.4, 0.5) is 5.13 Å². The molecular weight excluding hydrogens is 258 g/mol. The Morgan fingerprint density at radius 2 is 2.16 bits per heavy atom. The zero-order valence-electron chi connectivity index (χ0n) is 10.2. The highest BCUT2D eigenvalue weighted by molar-refractivity contribution is 7.20. The van der Waals surface area contributed by atoms with Crippen molar-refractivity contribution in [3.8, 4) is 11.3 Å².